The SMILES string of the molecule is CN(Cc1ccc(C(F)(F)F)cc1)C(=O)CCC(=O)c1cccs1. The predicted molar refractivity (Wildman–Crippen MR) is 85.8 cm³/mol. The van der Waals surface area contributed by atoms with Crippen molar-refractivity contribution in [2.75, 3.05) is 7.05 Å². The molecule has 0 spiro atoms. The highest BCUT2D eigenvalue weighted by atomic mass is 32.1. The molecule has 0 saturated heterocycles. The number of hydrogen-bond acceptors (Lipinski definition) is 3. The maximum atomic E-state index is 12.5. The number of nitrogens with zero attached hydrogens (tertiary/aromatic N) is 1. The van der Waals surface area contributed by atoms with Crippen LogP contribution in [0.4, 0.5) is 13.2 Å². The van der Waals surface area contributed by atoms with Gasteiger partial charge in [0.05, 0.1) is 10.4 Å². The second kappa shape index (κ2) is 7.61. The summed E-state index contributed by atoms with van der Waals surface area (Å²) in [4.78, 5) is 25.9. The van der Waals surface area contributed by atoms with Crippen molar-refractivity contribution >= 4 is 23.0 Å². The van der Waals surface area contributed by atoms with E-state index >= 15 is 0 Å². The number of hydrogen-bond donors (Lipinski definition) is 0. The number of carbonyl (C=O) groups excluding carboxylic acids is 2. The summed E-state index contributed by atoms with van der Waals surface area (Å²) in [6.07, 6.45) is -4.17. The zero-order chi connectivity index (χ0) is 17.7. The third-order valence-electron chi connectivity index (χ3n) is 3.49. The average Bonchev–Trinajstić information content (AvgIpc) is 3.06. The molecule has 24 heavy (non-hydrogen) atoms. The van der Waals surface area contributed by atoms with Gasteiger partial charge < -0.3 is 4.90 Å². The van der Waals surface area contributed by atoms with Crippen LogP contribution in [0.3, 0.4) is 0 Å². The molecular weight excluding hydrogens is 339 g/mol. The van der Waals surface area contributed by atoms with E-state index in [1.165, 1.54) is 28.4 Å². The van der Waals surface area contributed by atoms with E-state index < -0.39 is 11.7 Å². The highest BCUT2D eigenvalue weighted by Gasteiger charge is 2.30. The Morgan fingerprint density at radius 3 is 2.29 bits per heavy atom. The third kappa shape index (κ3) is 4.92. The highest BCUT2D eigenvalue weighted by Crippen LogP contribution is 2.29. The molecule has 0 aliphatic rings. The van der Waals surface area contributed by atoms with Crippen molar-refractivity contribution in [3.8, 4) is 0 Å². The fraction of sp³-hybridized carbons (Fsp3) is 0.294. The van der Waals surface area contributed by atoms with Crippen LogP contribution in [0.1, 0.15) is 33.6 Å². The summed E-state index contributed by atoms with van der Waals surface area (Å²) in [6.45, 7) is 0.199. The van der Waals surface area contributed by atoms with E-state index in [1.54, 1.807) is 24.6 Å². The summed E-state index contributed by atoms with van der Waals surface area (Å²) in [5.74, 6) is -0.305. The molecule has 0 bridgehead atoms. The molecule has 1 aromatic carbocycles. The van der Waals surface area contributed by atoms with Crippen LogP contribution >= 0.6 is 11.3 Å². The second-order valence-electron chi connectivity index (χ2n) is 5.34. The van der Waals surface area contributed by atoms with E-state index in [-0.39, 0.29) is 31.1 Å². The first-order chi connectivity index (χ1) is 11.3. The first kappa shape index (κ1) is 18.2. The van der Waals surface area contributed by atoms with Gasteiger partial charge in [0.15, 0.2) is 5.78 Å². The summed E-state index contributed by atoms with van der Waals surface area (Å²) < 4.78 is 37.5. The molecule has 0 aliphatic heterocycles. The number of rotatable bonds is 6. The molecule has 0 fully saturated rings. The molecule has 0 N–H and O–H groups in total. The molecule has 2 aromatic rings. The Hall–Kier alpha value is -2.15. The van der Waals surface area contributed by atoms with E-state index in [4.69, 9.17) is 0 Å². The Labute approximate surface area is 141 Å². The van der Waals surface area contributed by atoms with Crippen LogP contribution in [-0.2, 0) is 17.5 Å². The molecule has 0 radical (unpaired) electrons. The number of benzene rings is 1. The number of alkyl halides is 3. The number of amides is 1. The molecule has 7 heteroatoms. The smallest absolute Gasteiger partial charge is 0.341 e. The standard InChI is InChI=1S/C17H16F3NO2S/c1-21(11-12-4-6-13(7-5-12)17(18,19)20)16(23)9-8-14(22)15-3-2-10-24-15/h2-7,10H,8-9,11H2,1H3. The molecule has 1 aromatic heterocycles. The third-order valence-corrected chi connectivity index (χ3v) is 4.40. The van der Waals surface area contributed by atoms with Gasteiger partial charge in [0.2, 0.25) is 5.91 Å². The van der Waals surface area contributed by atoms with Crippen molar-refractivity contribution in [1.82, 2.24) is 4.90 Å². The zero-order valence-electron chi connectivity index (χ0n) is 13.0. The number of Topliss-reactive ketones (excluding diaryl/α,β-unsaturated/α-hetero) is 1. The average molecular weight is 355 g/mol. The maximum Gasteiger partial charge on any atom is 0.416 e. The minimum Gasteiger partial charge on any atom is -0.341 e. The Bertz CT molecular complexity index is 694. The molecule has 0 atom stereocenters. The van der Waals surface area contributed by atoms with Crippen molar-refractivity contribution < 1.29 is 22.8 Å². The summed E-state index contributed by atoms with van der Waals surface area (Å²) in [5.41, 5.74) is -0.120. The van der Waals surface area contributed by atoms with E-state index in [1.807, 2.05) is 0 Å². The van der Waals surface area contributed by atoms with Gasteiger partial charge in [-0.1, -0.05) is 18.2 Å². The van der Waals surface area contributed by atoms with Gasteiger partial charge in [-0.25, -0.2) is 0 Å². The summed E-state index contributed by atoms with van der Waals surface area (Å²) in [5, 5.41) is 1.80. The van der Waals surface area contributed by atoms with Crippen LogP contribution in [0.5, 0.6) is 0 Å². The molecule has 128 valence electrons. The highest BCUT2D eigenvalue weighted by molar-refractivity contribution is 7.12. The van der Waals surface area contributed by atoms with Crippen LogP contribution < -0.4 is 0 Å². The fourth-order valence-corrected chi connectivity index (χ4v) is 2.83. The molecule has 0 saturated carbocycles. The molecule has 3 nitrogen and oxygen atoms in total. The number of carbonyl (C=O) groups is 2. The molecule has 1 heterocycles. The normalized spacial score (nSPS) is 11.3. The Morgan fingerprint density at radius 2 is 1.75 bits per heavy atom. The van der Waals surface area contributed by atoms with Crippen molar-refractivity contribution in [3.05, 3.63) is 57.8 Å². The molecule has 2 rings (SSSR count). The van der Waals surface area contributed by atoms with Gasteiger partial charge in [-0.2, -0.15) is 13.2 Å². The zero-order valence-corrected chi connectivity index (χ0v) is 13.8. The van der Waals surface area contributed by atoms with Gasteiger partial charge in [0.1, 0.15) is 0 Å². The van der Waals surface area contributed by atoms with Gasteiger partial charge in [0.25, 0.3) is 0 Å². The first-order valence-electron chi connectivity index (χ1n) is 7.24. The molecule has 0 aliphatic carbocycles. The van der Waals surface area contributed by atoms with Gasteiger partial charge in [0, 0.05) is 26.4 Å². The number of halogens is 3. The summed E-state index contributed by atoms with van der Waals surface area (Å²) in [7, 11) is 1.57. The van der Waals surface area contributed by atoms with Crippen LogP contribution in [0, 0.1) is 0 Å². The molecule has 1 amide bonds. The lowest BCUT2D eigenvalue weighted by molar-refractivity contribution is -0.137. The van der Waals surface area contributed by atoms with Crippen molar-refractivity contribution in [2.24, 2.45) is 0 Å². The lowest BCUT2D eigenvalue weighted by Crippen LogP contribution is -2.26. The van der Waals surface area contributed by atoms with Gasteiger partial charge in [-0.3, -0.25) is 9.59 Å². The minimum atomic E-state index is -4.37. The molecular formula is C17H16F3NO2S. The molecule has 0 unspecified atom stereocenters. The number of thiophene rings is 1. The van der Waals surface area contributed by atoms with Gasteiger partial charge >= 0.3 is 6.18 Å². The summed E-state index contributed by atoms with van der Waals surface area (Å²) >= 11 is 1.33. The van der Waals surface area contributed by atoms with E-state index in [2.05, 4.69) is 0 Å². The van der Waals surface area contributed by atoms with E-state index in [9.17, 15) is 22.8 Å². The van der Waals surface area contributed by atoms with Gasteiger partial charge in [-0.15, -0.1) is 11.3 Å². The second-order valence-corrected chi connectivity index (χ2v) is 6.29. The largest absolute Gasteiger partial charge is 0.416 e. The van der Waals surface area contributed by atoms with Crippen molar-refractivity contribution in [1.29, 1.82) is 0 Å². The Balaban J connectivity index is 1.86. The monoisotopic (exact) mass is 355 g/mol. The maximum absolute atomic E-state index is 12.5. The lowest BCUT2D eigenvalue weighted by atomic mass is 10.1. The topological polar surface area (TPSA) is 37.4 Å². The fourth-order valence-electron chi connectivity index (χ4n) is 2.13. The first-order valence-corrected chi connectivity index (χ1v) is 8.12. The van der Waals surface area contributed by atoms with E-state index in [0.717, 1.165) is 12.1 Å². The predicted octanol–water partition coefficient (Wildman–Crippen LogP) is 4.39. The van der Waals surface area contributed by atoms with Crippen molar-refractivity contribution in [3.63, 3.8) is 0 Å². The van der Waals surface area contributed by atoms with Crippen LogP contribution in [0.15, 0.2) is 41.8 Å². The Kier molecular flexibility index (Phi) is 5.77. The minimum absolute atomic E-state index is 0.0773. The lowest BCUT2D eigenvalue weighted by Gasteiger charge is -2.17. The van der Waals surface area contributed by atoms with Crippen molar-refractivity contribution in [2.45, 2.75) is 25.6 Å². The Morgan fingerprint density at radius 1 is 1.08 bits per heavy atom. The van der Waals surface area contributed by atoms with Gasteiger partial charge in [-0.05, 0) is 29.1 Å². The number of ketones is 1. The van der Waals surface area contributed by atoms with E-state index in [0.29, 0.717) is 10.4 Å². The van der Waals surface area contributed by atoms with Crippen LogP contribution in [0.2, 0.25) is 0 Å². The van der Waals surface area contributed by atoms with Crippen LogP contribution in [-0.4, -0.2) is 23.6 Å². The van der Waals surface area contributed by atoms with Crippen LogP contribution in [0.25, 0.3) is 0 Å². The quantitative estimate of drug-likeness (QED) is 0.721. The summed E-state index contributed by atoms with van der Waals surface area (Å²) in [6, 6.07) is 8.18.